The van der Waals surface area contributed by atoms with E-state index >= 15 is 0 Å². The van der Waals surface area contributed by atoms with Gasteiger partial charge in [-0.1, -0.05) is 5.11 Å². The highest BCUT2D eigenvalue weighted by atomic mass is 32.1. The first-order valence-corrected chi connectivity index (χ1v) is 3.54. The smallest absolute Gasteiger partial charge is 0.332 e. The van der Waals surface area contributed by atoms with Gasteiger partial charge in [-0.2, -0.15) is 0 Å². The van der Waals surface area contributed by atoms with E-state index in [9.17, 15) is 9.59 Å². The Labute approximate surface area is 79.5 Å². The second kappa shape index (κ2) is 5.14. The fourth-order valence-corrected chi connectivity index (χ4v) is 0.388. The van der Waals surface area contributed by atoms with Crippen molar-refractivity contribution in [1.29, 1.82) is 0 Å². The van der Waals surface area contributed by atoms with E-state index in [0.717, 1.165) is 13.8 Å². The molecule has 0 aromatic heterocycles. The maximum Gasteiger partial charge on any atom is 0.332 e. The number of carbonyl (C=O) groups is 2. The van der Waals surface area contributed by atoms with E-state index in [1.165, 1.54) is 0 Å². The fourth-order valence-electron chi connectivity index (χ4n) is 0.352. The number of hydrogen-bond donors (Lipinski definition) is 1. The van der Waals surface area contributed by atoms with Crippen LogP contribution in [0.5, 0.6) is 0 Å². The largest absolute Gasteiger partial charge is 0.373 e. The normalized spacial score (nSPS) is 9.69. The molecule has 0 aliphatic heterocycles. The lowest BCUT2D eigenvalue weighted by atomic mass is 10.7. The molecule has 0 unspecified atom stereocenters. The number of thiocarbonyl (C=S) groups is 1. The van der Waals surface area contributed by atoms with Crippen LogP contribution in [0.3, 0.4) is 0 Å². The molecule has 13 heavy (non-hydrogen) atoms. The highest BCUT2D eigenvalue weighted by Crippen LogP contribution is 1.94. The van der Waals surface area contributed by atoms with Crippen LogP contribution in [0.2, 0.25) is 0 Å². The third-order valence-corrected chi connectivity index (χ3v) is 0.791. The van der Waals surface area contributed by atoms with Gasteiger partial charge in [-0.05, 0) is 22.6 Å². The molecule has 0 rings (SSSR count). The highest BCUT2D eigenvalue weighted by Gasteiger charge is 2.10. The van der Waals surface area contributed by atoms with Gasteiger partial charge in [-0.15, -0.1) is 0 Å². The monoisotopic (exact) mass is 204 g/mol. The Morgan fingerprint density at radius 1 is 1.46 bits per heavy atom. The molecule has 0 radical (unpaired) electrons. The van der Waals surface area contributed by atoms with Gasteiger partial charge in [-0.3, -0.25) is 4.79 Å². The summed E-state index contributed by atoms with van der Waals surface area (Å²) in [6.07, 6.45) is 0. The lowest BCUT2D eigenvalue weighted by molar-refractivity contribution is -0.196. The molecule has 0 saturated heterocycles. The molecule has 0 aliphatic rings. The van der Waals surface area contributed by atoms with Crippen molar-refractivity contribution in [1.82, 2.24) is 5.17 Å². The van der Waals surface area contributed by atoms with Crippen LogP contribution in [0.15, 0.2) is 10.3 Å². The summed E-state index contributed by atoms with van der Waals surface area (Å²) in [4.78, 5) is 25.5. The van der Waals surface area contributed by atoms with Crippen molar-refractivity contribution in [3.8, 4) is 0 Å². The zero-order valence-electron chi connectivity index (χ0n) is 7.05. The predicted octanol–water partition coefficient (Wildman–Crippen LogP) is -0.0762. The van der Waals surface area contributed by atoms with E-state index < -0.39 is 11.9 Å². The van der Waals surface area contributed by atoms with Crippen LogP contribution in [0, 0.1) is 0 Å². The first kappa shape index (κ1) is 11.4. The van der Waals surface area contributed by atoms with Crippen molar-refractivity contribution in [3.05, 3.63) is 0 Å². The summed E-state index contributed by atoms with van der Waals surface area (Å²) in [5.74, 6) is -1.31. The molecule has 7 nitrogen and oxygen atoms in total. The van der Waals surface area contributed by atoms with E-state index in [2.05, 4.69) is 27.4 Å². The number of carbonyl (C=O) groups excluding carboxylic acids is 2. The number of amides is 1. The molecule has 0 fully saturated rings. The predicted molar refractivity (Wildman–Crippen MR) is 45.9 cm³/mol. The molecule has 0 aromatic carbocycles. The third-order valence-electron chi connectivity index (χ3n) is 0.709. The summed E-state index contributed by atoms with van der Waals surface area (Å²) in [5, 5.41) is 6.45. The molecule has 2 N–H and O–H groups in total. The van der Waals surface area contributed by atoms with Crippen molar-refractivity contribution in [2.75, 3.05) is 0 Å². The molecule has 0 aliphatic carbocycles. The van der Waals surface area contributed by atoms with Gasteiger partial charge in [0, 0.05) is 13.8 Å². The summed E-state index contributed by atoms with van der Waals surface area (Å²) in [5.41, 5.74) is 4.96. The molecule has 0 atom stereocenters. The standard InChI is InChI=1S/C5H8N4O3S/c1-3(10)9(12-4(2)11)8-7-5(6)13/h1-2H3,(H2,6,13). The minimum Gasteiger partial charge on any atom is -0.373 e. The van der Waals surface area contributed by atoms with E-state index in [-0.39, 0.29) is 5.11 Å². The van der Waals surface area contributed by atoms with Crippen molar-refractivity contribution >= 4 is 29.2 Å². The second-order valence-corrected chi connectivity index (χ2v) is 2.32. The Kier molecular flexibility index (Phi) is 4.52. The van der Waals surface area contributed by atoms with E-state index in [0.29, 0.717) is 5.17 Å². The molecular weight excluding hydrogens is 196 g/mol. The lowest BCUT2D eigenvalue weighted by Crippen LogP contribution is -2.25. The number of nitrogens with zero attached hydrogens (tertiary/aromatic N) is 3. The number of rotatable bonds is 1. The maximum absolute atomic E-state index is 10.7. The Morgan fingerprint density at radius 2 is 2.00 bits per heavy atom. The van der Waals surface area contributed by atoms with Gasteiger partial charge in [0.05, 0.1) is 0 Å². The van der Waals surface area contributed by atoms with Crippen LogP contribution in [0.25, 0.3) is 0 Å². The first-order chi connectivity index (χ1) is 5.93. The number of nitrogens with two attached hydrogens (primary N) is 1. The van der Waals surface area contributed by atoms with Gasteiger partial charge >= 0.3 is 5.97 Å². The van der Waals surface area contributed by atoms with Crippen LogP contribution in [-0.4, -0.2) is 22.2 Å². The molecule has 8 heteroatoms. The zero-order chi connectivity index (χ0) is 10.4. The van der Waals surface area contributed by atoms with E-state index in [1.807, 2.05) is 0 Å². The fraction of sp³-hybridized carbons (Fsp3) is 0.400. The molecule has 0 heterocycles. The van der Waals surface area contributed by atoms with Crippen molar-refractivity contribution in [2.45, 2.75) is 13.8 Å². The summed E-state index contributed by atoms with van der Waals surface area (Å²) < 4.78 is 0. The molecule has 1 amide bonds. The Balaban J connectivity index is 4.35. The van der Waals surface area contributed by atoms with Crippen LogP contribution in [-0.2, 0) is 14.4 Å². The Morgan fingerprint density at radius 3 is 2.31 bits per heavy atom. The van der Waals surface area contributed by atoms with Crippen LogP contribution < -0.4 is 5.73 Å². The minimum atomic E-state index is -0.697. The van der Waals surface area contributed by atoms with Crippen LogP contribution in [0.1, 0.15) is 13.8 Å². The SMILES string of the molecule is CC(=O)ON(N=NC(N)=S)C(C)=O. The van der Waals surface area contributed by atoms with E-state index in [1.54, 1.807) is 0 Å². The van der Waals surface area contributed by atoms with E-state index in [4.69, 9.17) is 5.73 Å². The average molecular weight is 204 g/mol. The third kappa shape index (κ3) is 5.67. The van der Waals surface area contributed by atoms with Gasteiger partial charge in [0.15, 0.2) is 0 Å². The van der Waals surface area contributed by atoms with Gasteiger partial charge in [0.2, 0.25) is 5.11 Å². The second-order valence-electron chi connectivity index (χ2n) is 1.90. The molecule has 0 saturated carbocycles. The lowest BCUT2D eigenvalue weighted by Gasteiger charge is -2.09. The number of hydrogen-bond acceptors (Lipinski definition) is 5. The van der Waals surface area contributed by atoms with Crippen molar-refractivity contribution < 1.29 is 14.4 Å². The molecule has 0 aromatic rings. The van der Waals surface area contributed by atoms with Gasteiger partial charge in [0.25, 0.3) is 5.91 Å². The molecule has 72 valence electrons. The van der Waals surface area contributed by atoms with Crippen molar-refractivity contribution in [3.63, 3.8) is 0 Å². The highest BCUT2D eigenvalue weighted by molar-refractivity contribution is 7.80. The molecular formula is C5H8N4O3S. The van der Waals surface area contributed by atoms with Gasteiger partial charge in [-0.25, -0.2) is 4.79 Å². The maximum atomic E-state index is 10.7. The Hall–Kier alpha value is -1.57. The van der Waals surface area contributed by atoms with Crippen LogP contribution in [0.4, 0.5) is 0 Å². The van der Waals surface area contributed by atoms with Gasteiger partial charge < -0.3 is 10.6 Å². The van der Waals surface area contributed by atoms with Crippen molar-refractivity contribution in [2.24, 2.45) is 16.1 Å². The zero-order valence-corrected chi connectivity index (χ0v) is 7.87. The topological polar surface area (TPSA) is 97.3 Å². The Bertz CT molecular complexity index is 265. The summed E-state index contributed by atoms with van der Waals surface area (Å²) in [7, 11) is 0. The summed E-state index contributed by atoms with van der Waals surface area (Å²) >= 11 is 4.35. The summed E-state index contributed by atoms with van der Waals surface area (Å²) in [6.45, 7) is 2.26. The quantitative estimate of drug-likeness (QED) is 0.366. The molecule has 0 bridgehead atoms. The van der Waals surface area contributed by atoms with Crippen LogP contribution >= 0.6 is 12.2 Å². The number of hydroxylamine groups is 1. The van der Waals surface area contributed by atoms with Gasteiger partial charge in [0.1, 0.15) is 0 Å². The minimum absolute atomic E-state index is 0.265. The molecule has 0 spiro atoms. The first-order valence-electron chi connectivity index (χ1n) is 3.13. The summed E-state index contributed by atoms with van der Waals surface area (Å²) in [6, 6.07) is 0. The average Bonchev–Trinajstić information content (AvgIpc) is 1.96.